The molecule has 0 bridgehead atoms. The van der Waals surface area contributed by atoms with Crippen LogP contribution in [0.3, 0.4) is 0 Å². The van der Waals surface area contributed by atoms with E-state index in [4.69, 9.17) is 9.47 Å². The van der Waals surface area contributed by atoms with E-state index < -0.39 is 6.09 Å². The first-order chi connectivity index (χ1) is 9.09. The Morgan fingerprint density at radius 1 is 1.42 bits per heavy atom. The van der Waals surface area contributed by atoms with Crippen molar-refractivity contribution in [2.45, 2.75) is 19.9 Å². The van der Waals surface area contributed by atoms with Crippen LogP contribution in [0.2, 0.25) is 0 Å². The van der Waals surface area contributed by atoms with E-state index in [1.807, 2.05) is 32.0 Å². The Hall–Kier alpha value is -2.04. The first-order valence-corrected chi connectivity index (χ1v) is 6.26. The maximum Gasteiger partial charge on any atom is 0.417 e. The molecule has 0 saturated carbocycles. The predicted octanol–water partition coefficient (Wildman–Crippen LogP) is 2.07. The van der Waals surface area contributed by atoms with Gasteiger partial charge in [-0.3, -0.25) is 4.79 Å². The van der Waals surface area contributed by atoms with Crippen LogP contribution in [0.15, 0.2) is 30.3 Å². The zero-order valence-corrected chi connectivity index (χ0v) is 11.0. The van der Waals surface area contributed by atoms with Crippen molar-refractivity contribution in [3.05, 3.63) is 30.3 Å². The summed E-state index contributed by atoms with van der Waals surface area (Å²) in [5, 5.41) is 0. The molecule has 0 aliphatic carbocycles. The Morgan fingerprint density at radius 3 is 2.74 bits per heavy atom. The Morgan fingerprint density at radius 2 is 2.11 bits per heavy atom. The largest absolute Gasteiger partial charge is 0.484 e. The number of carbonyl (C=O) groups is 2. The third-order valence-electron chi connectivity index (χ3n) is 3.05. The minimum absolute atomic E-state index is 0.159. The second-order valence-electron chi connectivity index (χ2n) is 4.75. The molecular weight excluding hydrogens is 246 g/mol. The molecule has 1 aromatic rings. The van der Waals surface area contributed by atoms with Gasteiger partial charge in [-0.1, -0.05) is 32.0 Å². The molecule has 0 unspecified atom stereocenters. The third-order valence-corrected chi connectivity index (χ3v) is 3.05. The lowest BCUT2D eigenvalue weighted by Gasteiger charge is -2.22. The number of cyclic esters (lactones) is 1. The Balaban J connectivity index is 1.97. The molecule has 2 rings (SSSR count). The number of hydrogen-bond donors (Lipinski definition) is 0. The highest BCUT2D eigenvalue weighted by Crippen LogP contribution is 2.20. The van der Waals surface area contributed by atoms with Crippen LogP contribution in [0, 0.1) is 5.92 Å². The topological polar surface area (TPSA) is 55.8 Å². The van der Waals surface area contributed by atoms with Crippen LogP contribution < -0.4 is 4.74 Å². The Bertz CT molecular complexity index is 458. The number of hydrogen-bond acceptors (Lipinski definition) is 4. The molecule has 0 spiro atoms. The number of carbonyl (C=O) groups excluding carboxylic acids is 2. The van der Waals surface area contributed by atoms with Gasteiger partial charge in [-0.15, -0.1) is 0 Å². The van der Waals surface area contributed by atoms with Gasteiger partial charge in [0, 0.05) is 0 Å². The lowest BCUT2D eigenvalue weighted by atomic mass is 10.0. The minimum atomic E-state index is -0.583. The standard InChI is InChI=1S/C14H17NO4/c1-10(2)12-8-19-14(17)15(12)13(16)9-18-11-6-4-3-5-7-11/h3-7,10,12H,8-9H2,1-2H3/t12-/m1/s1. The van der Waals surface area contributed by atoms with Crippen molar-refractivity contribution in [3.8, 4) is 5.75 Å². The average molecular weight is 263 g/mol. The maximum absolute atomic E-state index is 12.0. The van der Waals surface area contributed by atoms with Crippen molar-refractivity contribution in [2.75, 3.05) is 13.2 Å². The second-order valence-corrected chi connectivity index (χ2v) is 4.75. The van der Waals surface area contributed by atoms with E-state index in [2.05, 4.69) is 0 Å². The molecule has 1 aromatic carbocycles. The molecule has 0 N–H and O–H groups in total. The van der Waals surface area contributed by atoms with Gasteiger partial charge in [0.05, 0.1) is 6.04 Å². The Labute approximate surface area is 112 Å². The molecule has 5 heteroatoms. The van der Waals surface area contributed by atoms with Crippen molar-refractivity contribution in [1.82, 2.24) is 4.90 Å². The molecule has 1 aliphatic heterocycles. The van der Waals surface area contributed by atoms with Crippen LogP contribution in [-0.2, 0) is 9.53 Å². The number of imide groups is 1. The number of rotatable bonds is 4. The fourth-order valence-electron chi connectivity index (χ4n) is 1.94. The van der Waals surface area contributed by atoms with Gasteiger partial charge in [-0.2, -0.15) is 0 Å². The van der Waals surface area contributed by atoms with Crippen LogP contribution in [0.1, 0.15) is 13.8 Å². The van der Waals surface area contributed by atoms with Crippen molar-refractivity contribution in [3.63, 3.8) is 0 Å². The fourth-order valence-corrected chi connectivity index (χ4v) is 1.94. The molecule has 2 amide bonds. The number of benzene rings is 1. The second kappa shape index (κ2) is 5.73. The summed E-state index contributed by atoms with van der Waals surface area (Å²) in [6.07, 6.45) is -0.583. The van der Waals surface area contributed by atoms with Gasteiger partial charge in [-0.05, 0) is 18.1 Å². The lowest BCUT2D eigenvalue weighted by Crippen LogP contribution is -2.44. The van der Waals surface area contributed by atoms with Crippen molar-refractivity contribution < 1.29 is 19.1 Å². The zero-order valence-electron chi connectivity index (χ0n) is 11.0. The first kappa shape index (κ1) is 13.4. The van der Waals surface area contributed by atoms with Gasteiger partial charge in [0.15, 0.2) is 6.61 Å². The molecule has 5 nitrogen and oxygen atoms in total. The number of para-hydroxylation sites is 1. The molecule has 1 aliphatic rings. The quantitative estimate of drug-likeness (QED) is 0.834. The lowest BCUT2D eigenvalue weighted by molar-refractivity contribution is -0.131. The van der Waals surface area contributed by atoms with E-state index >= 15 is 0 Å². The van der Waals surface area contributed by atoms with Crippen molar-refractivity contribution >= 4 is 12.0 Å². The van der Waals surface area contributed by atoms with Gasteiger partial charge in [0.1, 0.15) is 12.4 Å². The van der Waals surface area contributed by atoms with Gasteiger partial charge in [0.2, 0.25) is 0 Å². The fraction of sp³-hybridized carbons (Fsp3) is 0.429. The van der Waals surface area contributed by atoms with Gasteiger partial charge >= 0.3 is 6.09 Å². The average Bonchev–Trinajstić information content (AvgIpc) is 2.79. The summed E-state index contributed by atoms with van der Waals surface area (Å²) in [7, 11) is 0. The number of nitrogens with zero attached hydrogens (tertiary/aromatic N) is 1. The van der Waals surface area contributed by atoms with Crippen molar-refractivity contribution in [1.29, 1.82) is 0 Å². The monoisotopic (exact) mass is 263 g/mol. The van der Waals surface area contributed by atoms with E-state index in [-0.39, 0.29) is 31.1 Å². The van der Waals surface area contributed by atoms with E-state index in [0.29, 0.717) is 5.75 Å². The summed E-state index contributed by atoms with van der Waals surface area (Å²) >= 11 is 0. The maximum atomic E-state index is 12.0. The summed E-state index contributed by atoms with van der Waals surface area (Å²) in [6, 6.07) is 8.81. The smallest absolute Gasteiger partial charge is 0.417 e. The van der Waals surface area contributed by atoms with E-state index in [1.54, 1.807) is 12.1 Å². The van der Waals surface area contributed by atoms with Crippen LogP contribution in [0.5, 0.6) is 5.75 Å². The van der Waals surface area contributed by atoms with Crippen molar-refractivity contribution in [2.24, 2.45) is 5.92 Å². The molecule has 1 fully saturated rings. The van der Waals surface area contributed by atoms with Crippen LogP contribution in [0.25, 0.3) is 0 Å². The van der Waals surface area contributed by atoms with Crippen LogP contribution in [0.4, 0.5) is 4.79 Å². The predicted molar refractivity (Wildman–Crippen MR) is 68.8 cm³/mol. The summed E-state index contributed by atoms with van der Waals surface area (Å²) in [4.78, 5) is 24.8. The molecular formula is C14H17NO4. The summed E-state index contributed by atoms with van der Waals surface area (Å²) in [6.45, 7) is 3.99. The molecule has 1 heterocycles. The first-order valence-electron chi connectivity index (χ1n) is 6.26. The summed E-state index contributed by atoms with van der Waals surface area (Å²) in [5.74, 6) is 0.390. The molecule has 0 aromatic heterocycles. The Kier molecular flexibility index (Phi) is 4.04. The highest BCUT2D eigenvalue weighted by molar-refractivity contribution is 5.94. The molecule has 0 radical (unpaired) electrons. The molecule has 19 heavy (non-hydrogen) atoms. The van der Waals surface area contributed by atoms with E-state index in [9.17, 15) is 9.59 Å². The molecule has 102 valence electrons. The summed E-state index contributed by atoms with van der Waals surface area (Å²) < 4.78 is 10.3. The highest BCUT2D eigenvalue weighted by Gasteiger charge is 2.39. The highest BCUT2D eigenvalue weighted by atomic mass is 16.6. The van der Waals surface area contributed by atoms with E-state index in [1.165, 1.54) is 0 Å². The minimum Gasteiger partial charge on any atom is -0.484 e. The molecule has 1 saturated heterocycles. The zero-order chi connectivity index (χ0) is 13.8. The number of ether oxygens (including phenoxy) is 2. The third kappa shape index (κ3) is 3.05. The van der Waals surface area contributed by atoms with Crippen LogP contribution in [-0.4, -0.2) is 36.2 Å². The number of amides is 2. The SMILES string of the molecule is CC(C)[C@H]1COC(=O)N1C(=O)COc1ccccc1. The summed E-state index contributed by atoms with van der Waals surface area (Å²) in [5.41, 5.74) is 0. The molecule has 1 atom stereocenters. The van der Waals surface area contributed by atoms with Gasteiger partial charge < -0.3 is 9.47 Å². The van der Waals surface area contributed by atoms with Gasteiger partial charge in [0.25, 0.3) is 5.91 Å². The van der Waals surface area contributed by atoms with Crippen LogP contribution >= 0.6 is 0 Å². The van der Waals surface area contributed by atoms with Gasteiger partial charge in [-0.25, -0.2) is 9.69 Å². The van der Waals surface area contributed by atoms with E-state index in [0.717, 1.165) is 4.90 Å². The normalized spacial score (nSPS) is 18.6.